The number of amides is 1. The molecule has 2 aliphatic rings. The number of aromatic nitrogens is 4. The third kappa shape index (κ3) is 2.85. The minimum atomic E-state index is -0.104. The number of rotatable bonds is 3. The summed E-state index contributed by atoms with van der Waals surface area (Å²) in [5, 5.41) is 7.78. The standard InChI is InChI=1S/C18H25N5O/c1-18(2,3)23-15(12-4-5-12)10-14(21-23)17(24)20-13-6-7-16-19-8-9-22(16)11-13/h8-10,12-13H,4-7,11H2,1-3H3,(H,20,24)/t13-/m1/s1. The van der Waals surface area contributed by atoms with Crippen LogP contribution >= 0.6 is 0 Å². The van der Waals surface area contributed by atoms with Crippen molar-refractivity contribution in [3.05, 3.63) is 35.7 Å². The molecule has 1 aliphatic heterocycles. The fourth-order valence-electron chi connectivity index (χ4n) is 3.46. The van der Waals surface area contributed by atoms with Crippen LogP contribution in [0.5, 0.6) is 0 Å². The average molecular weight is 327 g/mol. The number of fused-ring (bicyclic) bond motifs is 1. The lowest BCUT2D eigenvalue weighted by Crippen LogP contribution is -2.41. The average Bonchev–Trinajstić information content (AvgIpc) is 3.09. The first-order valence-electron chi connectivity index (χ1n) is 8.83. The number of nitrogens with zero attached hydrogens (tertiary/aromatic N) is 4. The first-order chi connectivity index (χ1) is 11.4. The largest absolute Gasteiger partial charge is 0.346 e. The van der Waals surface area contributed by atoms with Crippen molar-refractivity contribution in [2.75, 3.05) is 0 Å². The Labute approximate surface area is 142 Å². The summed E-state index contributed by atoms with van der Waals surface area (Å²) in [5.41, 5.74) is 1.64. The predicted octanol–water partition coefficient (Wildman–Crippen LogP) is 2.46. The Kier molecular flexibility index (Phi) is 3.51. The van der Waals surface area contributed by atoms with Gasteiger partial charge in [-0.3, -0.25) is 9.48 Å². The lowest BCUT2D eigenvalue weighted by Gasteiger charge is -2.24. The van der Waals surface area contributed by atoms with Gasteiger partial charge in [-0.05, 0) is 46.1 Å². The Balaban J connectivity index is 1.51. The summed E-state index contributed by atoms with van der Waals surface area (Å²) in [4.78, 5) is 17.0. The van der Waals surface area contributed by atoms with Gasteiger partial charge < -0.3 is 9.88 Å². The van der Waals surface area contributed by atoms with Crippen LogP contribution in [0.4, 0.5) is 0 Å². The lowest BCUT2D eigenvalue weighted by atomic mass is 10.1. The number of hydrogen-bond acceptors (Lipinski definition) is 3. The summed E-state index contributed by atoms with van der Waals surface area (Å²) in [5.74, 6) is 1.61. The van der Waals surface area contributed by atoms with Crippen molar-refractivity contribution in [1.29, 1.82) is 0 Å². The summed E-state index contributed by atoms with van der Waals surface area (Å²) in [6.07, 6.45) is 8.04. The van der Waals surface area contributed by atoms with E-state index in [1.807, 2.05) is 23.1 Å². The van der Waals surface area contributed by atoms with Gasteiger partial charge in [0.25, 0.3) is 5.91 Å². The monoisotopic (exact) mass is 327 g/mol. The summed E-state index contributed by atoms with van der Waals surface area (Å²) < 4.78 is 4.16. The molecule has 0 saturated heterocycles. The normalized spacial score (nSPS) is 20.7. The highest BCUT2D eigenvalue weighted by Gasteiger charge is 2.33. The molecule has 128 valence electrons. The van der Waals surface area contributed by atoms with Gasteiger partial charge in [0.2, 0.25) is 0 Å². The Morgan fingerprint density at radius 1 is 1.29 bits per heavy atom. The zero-order valence-electron chi connectivity index (χ0n) is 14.6. The Hall–Kier alpha value is -2.11. The fraction of sp³-hybridized carbons (Fsp3) is 0.611. The van der Waals surface area contributed by atoms with Gasteiger partial charge >= 0.3 is 0 Å². The van der Waals surface area contributed by atoms with Crippen LogP contribution in [-0.4, -0.2) is 31.3 Å². The number of hydrogen-bond donors (Lipinski definition) is 1. The molecule has 0 unspecified atom stereocenters. The molecule has 2 aromatic rings. The van der Waals surface area contributed by atoms with Crippen LogP contribution in [0.25, 0.3) is 0 Å². The van der Waals surface area contributed by atoms with Gasteiger partial charge in [-0.1, -0.05) is 0 Å². The topological polar surface area (TPSA) is 64.7 Å². The van der Waals surface area contributed by atoms with E-state index in [2.05, 4.69) is 40.7 Å². The van der Waals surface area contributed by atoms with Gasteiger partial charge in [0.15, 0.2) is 0 Å². The number of nitrogens with one attached hydrogen (secondary N) is 1. The predicted molar refractivity (Wildman–Crippen MR) is 91.0 cm³/mol. The molecule has 1 aliphatic carbocycles. The molecule has 1 fully saturated rings. The second-order valence-electron chi connectivity index (χ2n) is 8.02. The fourth-order valence-corrected chi connectivity index (χ4v) is 3.46. The highest BCUT2D eigenvalue weighted by Crippen LogP contribution is 2.41. The SMILES string of the molecule is CC(C)(C)n1nc(C(=O)N[C@@H]2CCc3nccn3C2)cc1C1CC1. The molecule has 0 bridgehead atoms. The Morgan fingerprint density at radius 3 is 2.79 bits per heavy atom. The first-order valence-corrected chi connectivity index (χ1v) is 8.83. The number of carbonyl (C=O) groups is 1. The summed E-state index contributed by atoms with van der Waals surface area (Å²) in [7, 11) is 0. The van der Waals surface area contributed by atoms with E-state index in [-0.39, 0.29) is 17.5 Å². The summed E-state index contributed by atoms with van der Waals surface area (Å²) in [6, 6.07) is 2.13. The van der Waals surface area contributed by atoms with E-state index < -0.39 is 0 Å². The zero-order valence-corrected chi connectivity index (χ0v) is 14.6. The third-order valence-corrected chi connectivity index (χ3v) is 4.87. The van der Waals surface area contributed by atoms with Crippen LogP contribution in [0, 0.1) is 0 Å². The Morgan fingerprint density at radius 2 is 2.08 bits per heavy atom. The van der Waals surface area contributed by atoms with Crippen LogP contribution in [0.3, 0.4) is 0 Å². The van der Waals surface area contributed by atoms with Crippen LogP contribution in [0.1, 0.15) is 68.0 Å². The van der Waals surface area contributed by atoms with Gasteiger partial charge in [-0.15, -0.1) is 0 Å². The van der Waals surface area contributed by atoms with Gasteiger partial charge in [0.05, 0.1) is 5.54 Å². The Bertz CT molecular complexity index is 763. The number of imidazole rings is 1. The molecule has 2 aromatic heterocycles. The molecule has 6 heteroatoms. The molecule has 1 saturated carbocycles. The minimum absolute atomic E-state index is 0.0616. The van der Waals surface area contributed by atoms with E-state index in [1.165, 1.54) is 18.5 Å². The molecule has 0 radical (unpaired) electrons. The van der Waals surface area contributed by atoms with Crippen LogP contribution in [0.2, 0.25) is 0 Å². The van der Waals surface area contributed by atoms with Gasteiger partial charge in [-0.2, -0.15) is 5.10 Å². The summed E-state index contributed by atoms with van der Waals surface area (Å²) >= 11 is 0. The molecule has 6 nitrogen and oxygen atoms in total. The third-order valence-electron chi connectivity index (χ3n) is 4.87. The molecule has 1 N–H and O–H groups in total. The molecular formula is C18H25N5O. The molecular weight excluding hydrogens is 302 g/mol. The molecule has 3 heterocycles. The molecule has 24 heavy (non-hydrogen) atoms. The summed E-state index contributed by atoms with van der Waals surface area (Å²) in [6.45, 7) is 7.19. The molecule has 1 amide bonds. The van der Waals surface area contributed by atoms with Gasteiger partial charge in [-0.25, -0.2) is 4.98 Å². The van der Waals surface area contributed by atoms with Crippen molar-refractivity contribution in [2.24, 2.45) is 0 Å². The quantitative estimate of drug-likeness (QED) is 0.942. The van der Waals surface area contributed by atoms with E-state index in [4.69, 9.17) is 0 Å². The van der Waals surface area contributed by atoms with Crippen molar-refractivity contribution < 1.29 is 4.79 Å². The van der Waals surface area contributed by atoms with E-state index in [0.29, 0.717) is 11.6 Å². The number of aryl methyl sites for hydroxylation is 1. The molecule has 0 spiro atoms. The first kappa shape index (κ1) is 15.4. The van der Waals surface area contributed by atoms with E-state index in [0.717, 1.165) is 25.2 Å². The van der Waals surface area contributed by atoms with Crippen LogP contribution in [0.15, 0.2) is 18.5 Å². The maximum Gasteiger partial charge on any atom is 0.272 e. The van der Waals surface area contributed by atoms with Gasteiger partial charge in [0.1, 0.15) is 11.5 Å². The van der Waals surface area contributed by atoms with Crippen LogP contribution < -0.4 is 5.32 Å². The maximum absolute atomic E-state index is 12.7. The molecule has 0 aromatic carbocycles. The van der Waals surface area contributed by atoms with E-state index >= 15 is 0 Å². The second kappa shape index (κ2) is 5.46. The van der Waals surface area contributed by atoms with Crippen molar-refractivity contribution in [2.45, 2.75) is 70.5 Å². The highest BCUT2D eigenvalue weighted by molar-refractivity contribution is 5.92. The van der Waals surface area contributed by atoms with E-state index in [1.54, 1.807) is 0 Å². The van der Waals surface area contributed by atoms with Crippen molar-refractivity contribution in [1.82, 2.24) is 24.6 Å². The van der Waals surface area contributed by atoms with Crippen molar-refractivity contribution >= 4 is 5.91 Å². The highest BCUT2D eigenvalue weighted by atomic mass is 16.2. The van der Waals surface area contributed by atoms with Crippen LogP contribution in [-0.2, 0) is 18.5 Å². The lowest BCUT2D eigenvalue weighted by molar-refractivity contribution is 0.0921. The van der Waals surface area contributed by atoms with E-state index in [9.17, 15) is 4.79 Å². The van der Waals surface area contributed by atoms with Gasteiger partial charge in [0, 0.05) is 43.0 Å². The maximum atomic E-state index is 12.7. The smallest absolute Gasteiger partial charge is 0.272 e. The minimum Gasteiger partial charge on any atom is -0.346 e. The van der Waals surface area contributed by atoms with Crippen molar-refractivity contribution in [3.8, 4) is 0 Å². The number of carbonyl (C=O) groups excluding carboxylic acids is 1. The molecule has 4 rings (SSSR count). The second-order valence-corrected chi connectivity index (χ2v) is 8.02. The zero-order chi connectivity index (χ0) is 16.9. The molecule has 1 atom stereocenters. The van der Waals surface area contributed by atoms with Crippen molar-refractivity contribution in [3.63, 3.8) is 0 Å².